The lowest BCUT2D eigenvalue weighted by atomic mass is 9.79. The molecule has 3 heterocycles. The van der Waals surface area contributed by atoms with Gasteiger partial charge in [0.25, 0.3) is 0 Å². The van der Waals surface area contributed by atoms with Crippen LogP contribution in [0, 0.1) is 11.8 Å². The summed E-state index contributed by atoms with van der Waals surface area (Å²) in [6.45, 7) is 5.42. The van der Waals surface area contributed by atoms with Crippen LogP contribution in [0.1, 0.15) is 206 Å². The summed E-state index contributed by atoms with van der Waals surface area (Å²) in [4.78, 5) is 26.0. The van der Waals surface area contributed by atoms with Crippen molar-refractivity contribution in [2.45, 2.75) is 243 Å². The Morgan fingerprint density at radius 3 is 1.04 bits per heavy atom. The minimum Gasteiger partial charge on any atom is -0.465 e. The van der Waals surface area contributed by atoms with Gasteiger partial charge in [0, 0.05) is 0 Å². The number of fused-ring (bicyclic) bond motifs is 1. The Morgan fingerprint density at radius 2 is 0.706 bits per heavy atom. The fraction of sp³-hybridized carbons (Fsp3) is 0.955. The normalized spacial score (nSPS) is 27.6. The van der Waals surface area contributed by atoms with Crippen molar-refractivity contribution in [3.63, 3.8) is 0 Å². The first-order valence-corrected chi connectivity index (χ1v) is 22.4. The van der Waals surface area contributed by atoms with Crippen LogP contribution in [0.3, 0.4) is 0 Å². The second-order valence-corrected chi connectivity index (χ2v) is 16.6. The van der Waals surface area contributed by atoms with Crippen LogP contribution in [0.5, 0.6) is 0 Å². The van der Waals surface area contributed by atoms with Gasteiger partial charge in [-0.25, -0.2) is 0 Å². The number of esters is 2. The van der Waals surface area contributed by atoms with E-state index in [0.29, 0.717) is 50.5 Å². The van der Waals surface area contributed by atoms with Gasteiger partial charge in [0.2, 0.25) is 0 Å². The SMILES string of the molecule is CCCCCC1OC1CCCCCCCCCCCOC(=O)C1CC2OC2CC1C(=O)OCCCCCCCCCCCC1OC1CCCCC. The lowest BCUT2D eigenvalue weighted by Gasteiger charge is -2.26. The molecule has 1 saturated carbocycles. The largest absolute Gasteiger partial charge is 0.465 e. The maximum atomic E-state index is 13.0. The van der Waals surface area contributed by atoms with Gasteiger partial charge in [-0.2, -0.15) is 0 Å². The lowest BCUT2D eigenvalue weighted by molar-refractivity contribution is -0.162. The molecular weight excluding hydrogens is 640 g/mol. The van der Waals surface area contributed by atoms with E-state index in [4.69, 9.17) is 23.7 Å². The summed E-state index contributed by atoms with van der Waals surface area (Å²) < 4.78 is 28.7. The minimum absolute atomic E-state index is 0.112. The zero-order valence-corrected chi connectivity index (χ0v) is 33.1. The molecule has 0 bridgehead atoms. The Labute approximate surface area is 312 Å². The number of hydrogen-bond donors (Lipinski definition) is 0. The first kappa shape index (κ1) is 42.6. The molecule has 0 N–H and O–H groups in total. The number of ether oxygens (including phenoxy) is 5. The smallest absolute Gasteiger partial charge is 0.309 e. The fourth-order valence-electron chi connectivity index (χ4n) is 8.44. The molecule has 51 heavy (non-hydrogen) atoms. The lowest BCUT2D eigenvalue weighted by Crippen LogP contribution is -2.37. The predicted octanol–water partition coefficient (Wildman–Crippen LogP) is 11.4. The van der Waals surface area contributed by atoms with Gasteiger partial charge in [-0.05, 0) is 51.4 Å². The summed E-state index contributed by atoms with van der Waals surface area (Å²) in [5.41, 5.74) is 0. The van der Waals surface area contributed by atoms with Gasteiger partial charge in [0.05, 0.1) is 61.7 Å². The zero-order valence-electron chi connectivity index (χ0n) is 33.1. The van der Waals surface area contributed by atoms with E-state index in [2.05, 4.69) is 13.8 Å². The van der Waals surface area contributed by atoms with Gasteiger partial charge < -0.3 is 23.7 Å². The quantitative estimate of drug-likeness (QED) is 0.0371. The van der Waals surface area contributed by atoms with Gasteiger partial charge in [-0.15, -0.1) is 0 Å². The monoisotopic (exact) mass is 719 g/mol. The van der Waals surface area contributed by atoms with Crippen molar-refractivity contribution in [2.24, 2.45) is 11.8 Å². The van der Waals surface area contributed by atoms with E-state index in [1.807, 2.05) is 0 Å². The maximum absolute atomic E-state index is 13.0. The molecule has 4 fully saturated rings. The van der Waals surface area contributed by atoms with Crippen LogP contribution < -0.4 is 0 Å². The third-order valence-corrected chi connectivity index (χ3v) is 12.1. The molecule has 0 amide bonds. The van der Waals surface area contributed by atoms with Crippen LogP contribution in [0.2, 0.25) is 0 Å². The third-order valence-electron chi connectivity index (χ3n) is 12.1. The number of epoxide rings is 3. The summed E-state index contributed by atoms with van der Waals surface area (Å²) in [5.74, 6) is -1.32. The molecule has 7 nitrogen and oxygen atoms in total. The summed E-state index contributed by atoms with van der Waals surface area (Å²) in [5, 5.41) is 0. The molecule has 8 unspecified atom stereocenters. The zero-order chi connectivity index (χ0) is 35.9. The van der Waals surface area contributed by atoms with Crippen LogP contribution >= 0.6 is 0 Å². The molecule has 7 heteroatoms. The Bertz CT molecular complexity index is 853. The van der Waals surface area contributed by atoms with Crippen LogP contribution in [0.4, 0.5) is 0 Å². The minimum atomic E-state index is -0.427. The first-order valence-electron chi connectivity index (χ1n) is 22.4. The van der Waals surface area contributed by atoms with E-state index >= 15 is 0 Å². The van der Waals surface area contributed by atoms with Crippen molar-refractivity contribution >= 4 is 11.9 Å². The van der Waals surface area contributed by atoms with E-state index < -0.39 is 11.8 Å². The molecule has 4 rings (SSSR count). The molecule has 1 aliphatic carbocycles. The highest BCUT2D eigenvalue weighted by Crippen LogP contribution is 2.44. The molecular formula is C44H78O7. The second-order valence-electron chi connectivity index (χ2n) is 16.6. The maximum Gasteiger partial charge on any atom is 0.309 e. The molecule has 3 aliphatic heterocycles. The van der Waals surface area contributed by atoms with E-state index in [1.165, 1.54) is 154 Å². The Kier molecular flexibility index (Phi) is 21.5. The van der Waals surface area contributed by atoms with Crippen molar-refractivity contribution in [1.29, 1.82) is 0 Å². The fourth-order valence-corrected chi connectivity index (χ4v) is 8.44. The van der Waals surface area contributed by atoms with Gasteiger partial charge >= 0.3 is 11.9 Å². The molecule has 0 aromatic carbocycles. The number of carbonyl (C=O) groups excluding carboxylic acids is 2. The van der Waals surface area contributed by atoms with Gasteiger partial charge in [0.15, 0.2) is 0 Å². The molecule has 3 saturated heterocycles. The Morgan fingerprint density at radius 1 is 0.412 bits per heavy atom. The molecule has 8 atom stereocenters. The molecule has 0 spiro atoms. The number of unbranched alkanes of at least 4 members (excludes halogenated alkanes) is 20. The van der Waals surface area contributed by atoms with E-state index in [1.54, 1.807) is 0 Å². The highest BCUT2D eigenvalue weighted by Gasteiger charge is 2.53. The molecule has 0 radical (unpaired) electrons. The first-order chi connectivity index (χ1) is 25.1. The number of hydrogen-bond acceptors (Lipinski definition) is 7. The summed E-state index contributed by atoms with van der Waals surface area (Å²) in [6.07, 6.45) is 38.7. The average molecular weight is 719 g/mol. The molecule has 296 valence electrons. The average Bonchev–Trinajstić information content (AvgIpc) is 4.05. The van der Waals surface area contributed by atoms with Crippen molar-refractivity contribution in [3.8, 4) is 0 Å². The standard InChI is InChI=1S/C44H78O7/c1-3-5-21-27-37-39(49-37)29-23-17-13-9-7-11-15-19-25-31-47-43(45)35-33-41-42(51-41)34-36(35)44(46)48-32-26-20-16-12-8-10-14-18-24-30-40-38(50-40)28-22-6-4-2/h35-42H,3-34H2,1-2H3. The van der Waals surface area contributed by atoms with Crippen molar-refractivity contribution in [1.82, 2.24) is 0 Å². The van der Waals surface area contributed by atoms with Gasteiger partial charge in [0.1, 0.15) is 0 Å². The topological polar surface area (TPSA) is 90.2 Å². The molecule has 0 aromatic rings. The van der Waals surface area contributed by atoms with E-state index in [0.717, 1.165) is 25.7 Å². The van der Waals surface area contributed by atoms with Gasteiger partial charge in [-0.1, -0.05) is 155 Å². The summed E-state index contributed by atoms with van der Waals surface area (Å²) in [7, 11) is 0. The number of carbonyl (C=O) groups is 2. The van der Waals surface area contributed by atoms with Crippen LogP contribution in [0.15, 0.2) is 0 Å². The van der Waals surface area contributed by atoms with Crippen LogP contribution in [-0.2, 0) is 33.3 Å². The third kappa shape index (κ3) is 18.1. The highest BCUT2D eigenvalue weighted by molar-refractivity contribution is 5.82. The molecule has 4 aliphatic rings. The van der Waals surface area contributed by atoms with Crippen LogP contribution in [-0.4, -0.2) is 61.8 Å². The number of rotatable bonds is 34. The van der Waals surface area contributed by atoms with E-state index in [9.17, 15) is 9.59 Å². The molecule has 0 aromatic heterocycles. The summed E-state index contributed by atoms with van der Waals surface area (Å²) in [6, 6.07) is 0. The predicted molar refractivity (Wildman–Crippen MR) is 205 cm³/mol. The Hall–Kier alpha value is -1.18. The summed E-state index contributed by atoms with van der Waals surface area (Å²) >= 11 is 0. The van der Waals surface area contributed by atoms with Crippen molar-refractivity contribution < 1.29 is 33.3 Å². The van der Waals surface area contributed by atoms with Gasteiger partial charge in [-0.3, -0.25) is 9.59 Å². The highest BCUT2D eigenvalue weighted by atomic mass is 16.6. The van der Waals surface area contributed by atoms with Crippen LogP contribution in [0.25, 0.3) is 0 Å². The second kappa shape index (κ2) is 25.8. The van der Waals surface area contributed by atoms with E-state index in [-0.39, 0.29) is 24.1 Å². The van der Waals surface area contributed by atoms with Crippen molar-refractivity contribution in [2.75, 3.05) is 13.2 Å². The van der Waals surface area contributed by atoms with Crippen molar-refractivity contribution in [3.05, 3.63) is 0 Å². The Balaban J connectivity index is 0.906.